The van der Waals surface area contributed by atoms with E-state index in [4.69, 9.17) is 9.15 Å². The molecule has 3 rings (SSSR count). The minimum atomic E-state index is -0.481. The number of ether oxygens (including phenoxy) is 1. The zero-order valence-electron chi connectivity index (χ0n) is 12.6. The highest BCUT2D eigenvalue weighted by Gasteiger charge is 2.12. The molecule has 0 unspecified atom stereocenters. The predicted molar refractivity (Wildman–Crippen MR) is 89.1 cm³/mol. The number of carbonyl (C=O) groups is 1. The van der Waals surface area contributed by atoms with Crippen molar-refractivity contribution in [2.24, 2.45) is 0 Å². The van der Waals surface area contributed by atoms with Gasteiger partial charge < -0.3 is 14.5 Å². The van der Waals surface area contributed by atoms with Crippen LogP contribution in [-0.4, -0.2) is 17.5 Å². The highest BCUT2D eigenvalue weighted by atomic mass is 32.1. The van der Waals surface area contributed by atoms with Crippen LogP contribution >= 0.6 is 11.3 Å². The molecule has 2 heterocycles. The van der Waals surface area contributed by atoms with E-state index in [0.29, 0.717) is 34.3 Å². The largest absolute Gasteiger partial charge is 0.494 e. The average Bonchev–Trinajstić information content (AvgIpc) is 2.94. The third-order valence-electron chi connectivity index (χ3n) is 3.08. The van der Waals surface area contributed by atoms with Gasteiger partial charge >= 0.3 is 5.63 Å². The van der Waals surface area contributed by atoms with Gasteiger partial charge in [-0.15, -0.1) is 11.3 Å². The van der Waals surface area contributed by atoms with E-state index < -0.39 is 5.63 Å². The maximum Gasteiger partial charge on any atom is 0.345 e. The molecule has 0 spiro atoms. The smallest absolute Gasteiger partial charge is 0.345 e. The van der Waals surface area contributed by atoms with E-state index in [1.54, 1.807) is 17.5 Å². The summed E-state index contributed by atoms with van der Waals surface area (Å²) >= 11 is 1.25. The van der Waals surface area contributed by atoms with Crippen LogP contribution in [0.1, 0.15) is 13.8 Å². The number of benzene rings is 1. The molecule has 1 N–H and O–H groups in total. The second-order valence-corrected chi connectivity index (χ2v) is 5.66. The fourth-order valence-electron chi connectivity index (χ4n) is 2.13. The van der Waals surface area contributed by atoms with Gasteiger partial charge in [0.15, 0.2) is 5.13 Å². The van der Waals surface area contributed by atoms with E-state index in [1.165, 1.54) is 18.3 Å². The quantitative estimate of drug-likeness (QED) is 0.743. The summed E-state index contributed by atoms with van der Waals surface area (Å²) in [7, 11) is 0. The molecule has 0 aliphatic carbocycles. The van der Waals surface area contributed by atoms with Crippen molar-refractivity contribution in [2.45, 2.75) is 13.8 Å². The molecule has 0 fully saturated rings. The Balaban J connectivity index is 2.03. The normalized spacial score (nSPS) is 10.7. The maximum atomic E-state index is 12.2. The Labute approximate surface area is 135 Å². The number of amides is 1. The van der Waals surface area contributed by atoms with E-state index in [2.05, 4.69) is 10.3 Å². The van der Waals surface area contributed by atoms with Gasteiger partial charge in [0.1, 0.15) is 11.3 Å². The highest BCUT2D eigenvalue weighted by molar-refractivity contribution is 7.14. The molecule has 0 radical (unpaired) electrons. The first-order valence-corrected chi connectivity index (χ1v) is 7.89. The lowest BCUT2D eigenvalue weighted by Gasteiger charge is -2.04. The highest BCUT2D eigenvalue weighted by Crippen LogP contribution is 2.26. The van der Waals surface area contributed by atoms with Crippen LogP contribution in [0, 0.1) is 0 Å². The Morgan fingerprint density at radius 1 is 1.39 bits per heavy atom. The van der Waals surface area contributed by atoms with E-state index in [9.17, 15) is 9.59 Å². The van der Waals surface area contributed by atoms with Crippen LogP contribution in [-0.2, 0) is 4.79 Å². The first kappa shape index (κ1) is 15.2. The van der Waals surface area contributed by atoms with Gasteiger partial charge in [-0.1, -0.05) is 0 Å². The number of hydrogen-bond donors (Lipinski definition) is 1. The molecule has 0 aliphatic heterocycles. The molecular formula is C16H14N2O4S. The van der Waals surface area contributed by atoms with E-state index in [1.807, 2.05) is 19.1 Å². The second-order valence-electron chi connectivity index (χ2n) is 4.80. The maximum absolute atomic E-state index is 12.2. The zero-order valence-corrected chi connectivity index (χ0v) is 13.4. The molecule has 0 bridgehead atoms. The van der Waals surface area contributed by atoms with Gasteiger partial charge in [0, 0.05) is 23.8 Å². The van der Waals surface area contributed by atoms with Gasteiger partial charge in [0.25, 0.3) is 0 Å². The molecule has 0 aliphatic rings. The van der Waals surface area contributed by atoms with Crippen LogP contribution in [0.25, 0.3) is 22.2 Å². The van der Waals surface area contributed by atoms with Gasteiger partial charge in [-0.2, -0.15) is 0 Å². The summed E-state index contributed by atoms with van der Waals surface area (Å²) in [4.78, 5) is 27.5. The molecule has 2 aromatic heterocycles. The summed E-state index contributed by atoms with van der Waals surface area (Å²) in [5, 5.41) is 5.52. The number of rotatable bonds is 4. The molecule has 1 amide bonds. The Morgan fingerprint density at radius 2 is 2.22 bits per heavy atom. The third kappa shape index (κ3) is 3.24. The van der Waals surface area contributed by atoms with Gasteiger partial charge in [0.05, 0.1) is 17.9 Å². The first-order chi connectivity index (χ1) is 11.1. The summed E-state index contributed by atoms with van der Waals surface area (Å²) in [6.07, 6.45) is 0. The number of aromatic nitrogens is 1. The Hall–Kier alpha value is -2.67. The van der Waals surface area contributed by atoms with Gasteiger partial charge in [-0.25, -0.2) is 9.78 Å². The van der Waals surface area contributed by atoms with Gasteiger partial charge in [-0.05, 0) is 25.1 Å². The summed E-state index contributed by atoms with van der Waals surface area (Å²) in [5.74, 6) is 0.442. The van der Waals surface area contributed by atoms with Crippen molar-refractivity contribution in [3.05, 3.63) is 40.1 Å². The van der Waals surface area contributed by atoms with Crippen molar-refractivity contribution in [1.29, 1.82) is 0 Å². The lowest BCUT2D eigenvalue weighted by Crippen LogP contribution is -2.06. The molecule has 6 nitrogen and oxygen atoms in total. The first-order valence-electron chi connectivity index (χ1n) is 7.01. The number of nitrogens with zero attached hydrogens (tertiary/aromatic N) is 1. The zero-order chi connectivity index (χ0) is 16.4. The average molecular weight is 330 g/mol. The molecule has 3 aromatic rings. The molecule has 0 saturated carbocycles. The molecule has 0 saturated heterocycles. The third-order valence-corrected chi connectivity index (χ3v) is 3.84. The van der Waals surface area contributed by atoms with Crippen molar-refractivity contribution in [2.75, 3.05) is 11.9 Å². The molecule has 118 valence electrons. The van der Waals surface area contributed by atoms with Crippen LogP contribution in [0.2, 0.25) is 0 Å². The summed E-state index contributed by atoms with van der Waals surface area (Å²) in [6.45, 7) is 3.83. The van der Waals surface area contributed by atoms with E-state index in [-0.39, 0.29) is 5.91 Å². The molecule has 1 aromatic carbocycles. The summed E-state index contributed by atoms with van der Waals surface area (Å²) < 4.78 is 10.8. The number of hydrogen-bond acceptors (Lipinski definition) is 6. The molecule has 23 heavy (non-hydrogen) atoms. The van der Waals surface area contributed by atoms with Crippen molar-refractivity contribution >= 4 is 33.3 Å². The van der Waals surface area contributed by atoms with Gasteiger partial charge in [-0.3, -0.25) is 4.79 Å². The Bertz CT molecular complexity index is 929. The lowest BCUT2D eigenvalue weighted by atomic mass is 10.1. The van der Waals surface area contributed by atoms with Crippen LogP contribution in [0.5, 0.6) is 5.75 Å². The fourth-order valence-corrected chi connectivity index (χ4v) is 2.89. The molecular weight excluding hydrogens is 316 g/mol. The van der Waals surface area contributed by atoms with Crippen molar-refractivity contribution in [3.63, 3.8) is 0 Å². The Kier molecular flexibility index (Phi) is 4.12. The lowest BCUT2D eigenvalue weighted by molar-refractivity contribution is -0.114. The van der Waals surface area contributed by atoms with Crippen molar-refractivity contribution in [1.82, 2.24) is 4.98 Å². The Morgan fingerprint density at radius 3 is 2.96 bits per heavy atom. The van der Waals surface area contributed by atoms with Gasteiger partial charge in [0.2, 0.25) is 5.91 Å². The number of nitrogens with one attached hydrogen (secondary N) is 1. The monoisotopic (exact) mass is 330 g/mol. The van der Waals surface area contributed by atoms with E-state index in [0.717, 1.165) is 5.39 Å². The fraction of sp³-hybridized carbons (Fsp3) is 0.188. The van der Waals surface area contributed by atoms with Crippen LogP contribution in [0.3, 0.4) is 0 Å². The van der Waals surface area contributed by atoms with Crippen LogP contribution < -0.4 is 15.7 Å². The SMILES string of the molecule is CCOc1ccc2cc(-c3csc(NC(C)=O)n3)c(=O)oc2c1. The number of thiazole rings is 1. The van der Waals surface area contributed by atoms with E-state index >= 15 is 0 Å². The summed E-state index contributed by atoms with van der Waals surface area (Å²) in [6, 6.07) is 7.06. The minimum Gasteiger partial charge on any atom is -0.494 e. The number of carbonyl (C=O) groups excluding carboxylic acids is 1. The standard InChI is InChI=1S/C16H14N2O4S/c1-3-21-11-5-4-10-6-12(15(20)22-14(10)7-11)13-8-23-16(18-13)17-9(2)19/h4-8H,3H2,1-2H3,(H,17,18,19). The molecule has 7 heteroatoms. The predicted octanol–water partition coefficient (Wildman–Crippen LogP) is 3.27. The number of fused-ring (bicyclic) bond motifs is 1. The second kappa shape index (κ2) is 6.21. The topological polar surface area (TPSA) is 81.4 Å². The van der Waals surface area contributed by atoms with Crippen molar-refractivity contribution < 1.29 is 13.9 Å². The van der Waals surface area contributed by atoms with Crippen LogP contribution in [0.15, 0.2) is 38.9 Å². The number of anilines is 1. The van der Waals surface area contributed by atoms with Crippen molar-refractivity contribution in [3.8, 4) is 17.0 Å². The summed E-state index contributed by atoms with van der Waals surface area (Å²) in [5.41, 5.74) is 0.811. The molecule has 0 atom stereocenters. The van der Waals surface area contributed by atoms with Crippen LogP contribution in [0.4, 0.5) is 5.13 Å². The minimum absolute atomic E-state index is 0.208.